The zero-order valence-corrected chi connectivity index (χ0v) is 18.5. The highest BCUT2D eigenvalue weighted by Crippen LogP contribution is 2.21. The Balaban J connectivity index is 0.00000210. The van der Waals surface area contributed by atoms with Gasteiger partial charge < -0.3 is 20.3 Å². The molecule has 2 N–H and O–H groups in total. The SMILES string of the molecule is CCNCc1ccccc1NC(=O)C1CC(=O)N(CCN2CCOCC2)C1.Cl.Cl. The van der Waals surface area contributed by atoms with E-state index in [1.165, 1.54) is 0 Å². The molecule has 1 atom stereocenters. The van der Waals surface area contributed by atoms with E-state index in [0.717, 1.165) is 50.6 Å². The van der Waals surface area contributed by atoms with Crippen LogP contribution in [-0.2, 0) is 20.9 Å². The van der Waals surface area contributed by atoms with Gasteiger partial charge in [0.15, 0.2) is 0 Å². The molecule has 1 unspecified atom stereocenters. The smallest absolute Gasteiger partial charge is 0.229 e. The molecule has 164 valence electrons. The van der Waals surface area contributed by atoms with Crippen molar-refractivity contribution in [3.63, 3.8) is 0 Å². The van der Waals surface area contributed by atoms with Crippen LogP contribution in [0.1, 0.15) is 18.9 Å². The zero-order valence-electron chi connectivity index (χ0n) is 16.9. The summed E-state index contributed by atoms with van der Waals surface area (Å²) in [7, 11) is 0. The second-order valence-electron chi connectivity index (χ2n) is 7.12. The molecule has 0 spiro atoms. The van der Waals surface area contributed by atoms with Crippen LogP contribution in [-0.4, -0.2) is 74.1 Å². The summed E-state index contributed by atoms with van der Waals surface area (Å²) in [6.45, 7) is 9.00. The number of hydrogen-bond acceptors (Lipinski definition) is 5. The van der Waals surface area contributed by atoms with E-state index in [1.807, 2.05) is 29.2 Å². The Bertz CT molecular complexity index is 656. The molecule has 0 aliphatic carbocycles. The van der Waals surface area contributed by atoms with Gasteiger partial charge in [0.05, 0.1) is 19.1 Å². The third-order valence-corrected chi connectivity index (χ3v) is 5.22. The number of nitrogens with zero attached hydrogens (tertiary/aromatic N) is 2. The average Bonchev–Trinajstić information content (AvgIpc) is 3.07. The van der Waals surface area contributed by atoms with Crippen molar-refractivity contribution in [3.8, 4) is 0 Å². The summed E-state index contributed by atoms with van der Waals surface area (Å²) in [6, 6.07) is 7.80. The Morgan fingerprint density at radius 2 is 1.90 bits per heavy atom. The Hall–Kier alpha value is -1.38. The molecule has 9 heteroatoms. The molecule has 2 heterocycles. The van der Waals surface area contributed by atoms with Crippen LogP contribution >= 0.6 is 24.8 Å². The van der Waals surface area contributed by atoms with Crippen LogP contribution in [0.25, 0.3) is 0 Å². The van der Waals surface area contributed by atoms with Crippen molar-refractivity contribution in [2.75, 3.05) is 57.8 Å². The number of amides is 2. The highest BCUT2D eigenvalue weighted by atomic mass is 35.5. The summed E-state index contributed by atoms with van der Waals surface area (Å²) >= 11 is 0. The largest absolute Gasteiger partial charge is 0.379 e. The molecule has 29 heavy (non-hydrogen) atoms. The van der Waals surface area contributed by atoms with Crippen LogP contribution in [0.5, 0.6) is 0 Å². The molecule has 2 fully saturated rings. The predicted molar refractivity (Wildman–Crippen MR) is 119 cm³/mol. The highest BCUT2D eigenvalue weighted by Gasteiger charge is 2.34. The number of carbonyl (C=O) groups excluding carboxylic acids is 2. The van der Waals surface area contributed by atoms with E-state index in [-0.39, 0.29) is 42.5 Å². The van der Waals surface area contributed by atoms with Gasteiger partial charge in [-0.05, 0) is 18.2 Å². The first-order valence-electron chi connectivity index (χ1n) is 9.84. The summed E-state index contributed by atoms with van der Waals surface area (Å²) in [5, 5.41) is 6.31. The van der Waals surface area contributed by atoms with Crippen molar-refractivity contribution in [1.82, 2.24) is 15.1 Å². The van der Waals surface area contributed by atoms with E-state index < -0.39 is 0 Å². The van der Waals surface area contributed by atoms with Gasteiger partial charge in [0.2, 0.25) is 11.8 Å². The number of anilines is 1. The number of ether oxygens (including phenoxy) is 1. The number of likely N-dealkylation sites (tertiary alicyclic amines) is 1. The third kappa shape index (κ3) is 7.42. The van der Waals surface area contributed by atoms with Gasteiger partial charge in [-0.2, -0.15) is 0 Å². The quantitative estimate of drug-likeness (QED) is 0.636. The number of halogens is 2. The maximum Gasteiger partial charge on any atom is 0.229 e. The van der Waals surface area contributed by atoms with Crippen molar-refractivity contribution >= 4 is 42.3 Å². The number of hydrogen-bond donors (Lipinski definition) is 2. The molecule has 0 aromatic heterocycles. The van der Waals surface area contributed by atoms with Crippen molar-refractivity contribution in [3.05, 3.63) is 29.8 Å². The van der Waals surface area contributed by atoms with Gasteiger partial charge in [-0.3, -0.25) is 14.5 Å². The Kier molecular flexibility index (Phi) is 11.5. The van der Waals surface area contributed by atoms with Crippen LogP contribution in [0.15, 0.2) is 24.3 Å². The van der Waals surface area contributed by atoms with Crippen molar-refractivity contribution in [2.45, 2.75) is 19.9 Å². The van der Waals surface area contributed by atoms with Gasteiger partial charge in [-0.25, -0.2) is 0 Å². The molecular weight excluding hydrogens is 415 g/mol. The summed E-state index contributed by atoms with van der Waals surface area (Å²) in [4.78, 5) is 29.1. The van der Waals surface area contributed by atoms with Crippen LogP contribution < -0.4 is 10.6 Å². The van der Waals surface area contributed by atoms with Gasteiger partial charge >= 0.3 is 0 Å². The van der Waals surface area contributed by atoms with Gasteiger partial charge in [0, 0.05) is 51.4 Å². The first-order chi connectivity index (χ1) is 13.2. The Labute approximate surface area is 185 Å². The van der Waals surface area contributed by atoms with E-state index >= 15 is 0 Å². The zero-order chi connectivity index (χ0) is 19.1. The van der Waals surface area contributed by atoms with Crippen LogP contribution in [0, 0.1) is 5.92 Å². The fourth-order valence-electron chi connectivity index (χ4n) is 3.54. The molecule has 7 nitrogen and oxygen atoms in total. The molecular formula is C20H32Cl2N4O3. The van der Waals surface area contributed by atoms with Crippen molar-refractivity contribution in [2.24, 2.45) is 5.92 Å². The summed E-state index contributed by atoms with van der Waals surface area (Å²) < 4.78 is 5.35. The van der Waals surface area contributed by atoms with E-state index in [0.29, 0.717) is 26.1 Å². The lowest BCUT2D eigenvalue weighted by Crippen LogP contribution is -2.42. The second-order valence-corrected chi connectivity index (χ2v) is 7.12. The minimum atomic E-state index is -0.283. The summed E-state index contributed by atoms with van der Waals surface area (Å²) in [5.74, 6) is -0.278. The first-order valence-corrected chi connectivity index (χ1v) is 9.84. The Morgan fingerprint density at radius 3 is 2.62 bits per heavy atom. The van der Waals surface area contributed by atoms with Crippen LogP contribution in [0.2, 0.25) is 0 Å². The third-order valence-electron chi connectivity index (χ3n) is 5.22. The molecule has 0 saturated carbocycles. The molecule has 0 radical (unpaired) electrons. The van der Waals surface area contributed by atoms with Crippen molar-refractivity contribution in [1.29, 1.82) is 0 Å². The van der Waals surface area contributed by atoms with E-state index in [1.54, 1.807) is 0 Å². The predicted octanol–water partition coefficient (Wildman–Crippen LogP) is 1.76. The molecule has 1 aromatic carbocycles. The monoisotopic (exact) mass is 446 g/mol. The van der Waals surface area contributed by atoms with E-state index in [4.69, 9.17) is 4.74 Å². The minimum Gasteiger partial charge on any atom is -0.379 e. The summed E-state index contributed by atoms with van der Waals surface area (Å²) in [5.41, 5.74) is 1.88. The number of nitrogens with one attached hydrogen (secondary N) is 2. The van der Waals surface area contributed by atoms with Crippen molar-refractivity contribution < 1.29 is 14.3 Å². The molecule has 2 aliphatic rings. The Morgan fingerprint density at radius 1 is 1.17 bits per heavy atom. The number of para-hydroxylation sites is 1. The molecule has 2 amide bonds. The maximum absolute atomic E-state index is 12.7. The first kappa shape index (κ1) is 25.7. The van der Waals surface area contributed by atoms with E-state index in [2.05, 4.69) is 22.5 Å². The van der Waals surface area contributed by atoms with Gasteiger partial charge in [-0.15, -0.1) is 24.8 Å². The number of rotatable bonds is 8. The molecule has 0 bridgehead atoms. The van der Waals surface area contributed by atoms with E-state index in [9.17, 15) is 9.59 Å². The number of benzene rings is 1. The van der Waals surface area contributed by atoms with Crippen LogP contribution in [0.3, 0.4) is 0 Å². The number of carbonyl (C=O) groups is 2. The fourth-order valence-corrected chi connectivity index (χ4v) is 3.54. The number of morpholine rings is 1. The highest BCUT2D eigenvalue weighted by molar-refractivity contribution is 5.97. The minimum absolute atomic E-state index is 0. The molecule has 2 aliphatic heterocycles. The fraction of sp³-hybridized carbons (Fsp3) is 0.600. The topological polar surface area (TPSA) is 73.9 Å². The lowest BCUT2D eigenvalue weighted by atomic mass is 10.1. The van der Waals surface area contributed by atoms with Gasteiger partial charge in [-0.1, -0.05) is 25.1 Å². The maximum atomic E-state index is 12.7. The second kappa shape index (κ2) is 13.0. The normalized spacial score (nSPS) is 19.4. The molecule has 2 saturated heterocycles. The lowest BCUT2D eigenvalue weighted by Gasteiger charge is -2.28. The van der Waals surface area contributed by atoms with Crippen LogP contribution in [0.4, 0.5) is 5.69 Å². The standard InChI is InChI=1S/C20H30N4O3.2ClH/c1-2-21-14-16-5-3-4-6-18(16)22-20(26)17-13-19(25)24(15-17)8-7-23-9-11-27-12-10-23;;/h3-6,17,21H,2,7-15H2,1H3,(H,22,26);2*1H. The molecule has 1 aromatic rings. The molecule has 3 rings (SSSR count). The van der Waals surface area contributed by atoms with Gasteiger partial charge in [0.1, 0.15) is 0 Å². The van der Waals surface area contributed by atoms with Gasteiger partial charge in [0.25, 0.3) is 0 Å². The lowest BCUT2D eigenvalue weighted by molar-refractivity contribution is -0.128. The average molecular weight is 447 g/mol. The summed E-state index contributed by atoms with van der Waals surface area (Å²) in [6.07, 6.45) is 0.296.